The Bertz CT molecular complexity index is 576. The van der Waals surface area contributed by atoms with Crippen LogP contribution in [0.5, 0.6) is 0 Å². The first-order valence-electron chi connectivity index (χ1n) is 6.29. The van der Waals surface area contributed by atoms with Crippen LogP contribution in [0.1, 0.15) is 36.9 Å². The molecule has 2 aromatic rings. The number of aromatic nitrogens is 1. The van der Waals surface area contributed by atoms with Crippen LogP contribution in [0, 0.1) is 12.7 Å². The van der Waals surface area contributed by atoms with E-state index in [0.717, 1.165) is 26.7 Å². The summed E-state index contributed by atoms with van der Waals surface area (Å²) in [6.07, 6.45) is 0. The highest BCUT2D eigenvalue weighted by molar-refractivity contribution is 7.15. The molecule has 0 atom stereocenters. The van der Waals surface area contributed by atoms with Gasteiger partial charge in [0, 0.05) is 22.4 Å². The first-order chi connectivity index (χ1) is 8.81. The Kier molecular flexibility index (Phi) is 3.74. The number of hydrogen-bond donors (Lipinski definition) is 1. The fourth-order valence-corrected chi connectivity index (χ4v) is 3.20. The molecule has 1 aromatic carbocycles. The largest absolute Gasteiger partial charge is 0.326 e. The molecule has 4 heteroatoms. The van der Waals surface area contributed by atoms with Crippen molar-refractivity contribution in [3.63, 3.8) is 0 Å². The molecule has 0 radical (unpaired) electrons. The fourth-order valence-electron chi connectivity index (χ4n) is 2.06. The van der Waals surface area contributed by atoms with Gasteiger partial charge in [-0.25, -0.2) is 9.37 Å². The van der Waals surface area contributed by atoms with Crippen molar-refractivity contribution in [3.8, 4) is 10.6 Å². The van der Waals surface area contributed by atoms with Crippen molar-refractivity contribution >= 4 is 11.3 Å². The van der Waals surface area contributed by atoms with E-state index in [4.69, 9.17) is 5.73 Å². The lowest BCUT2D eigenvalue weighted by molar-refractivity contribution is 0.567. The predicted octanol–water partition coefficient (Wildman–Crippen LogP) is 4.01. The molecule has 19 heavy (non-hydrogen) atoms. The van der Waals surface area contributed by atoms with E-state index in [-0.39, 0.29) is 11.2 Å². The lowest BCUT2D eigenvalue weighted by Gasteiger charge is -2.16. The topological polar surface area (TPSA) is 38.9 Å². The summed E-state index contributed by atoms with van der Waals surface area (Å²) in [4.78, 5) is 5.75. The second kappa shape index (κ2) is 5.02. The fraction of sp³-hybridized carbons (Fsp3) is 0.400. The van der Waals surface area contributed by atoms with E-state index < -0.39 is 0 Å². The van der Waals surface area contributed by atoms with Gasteiger partial charge in [-0.1, -0.05) is 20.8 Å². The molecule has 0 saturated heterocycles. The van der Waals surface area contributed by atoms with Gasteiger partial charge in [0.05, 0.1) is 5.69 Å². The van der Waals surface area contributed by atoms with Crippen LogP contribution in [0.15, 0.2) is 18.2 Å². The molecule has 0 aliphatic heterocycles. The van der Waals surface area contributed by atoms with E-state index in [0.29, 0.717) is 6.54 Å². The zero-order chi connectivity index (χ0) is 14.2. The van der Waals surface area contributed by atoms with Crippen molar-refractivity contribution in [3.05, 3.63) is 40.2 Å². The zero-order valence-electron chi connectivity index (χ0n) is 11.7. The Morgan fingerprint density at radius 2 is 1.95 bits per heavy atom. The van der Waals surface area contributed by atoms with Crippen LogP contribution >= 0.6 is 11.3 Å². The van der Waals surface area contributed by atoms with E-state index >= 15 is 0 Å². The number of hydrogen-bond acceptors (Lipinski definition) is 3. The quantitative estimate of drug-likeness (QED) is 0.901. The maximum atomic E-state index is 13.5. The standard InChI is InChI=1S/C15H19FN2S/c1-9-5-10(7-11(16)6-9)14-18-13(15(2,3)4)12(8-17)19-14/h5-7H,8,17H2,1-4H3. The van der Waals surface area contributed by atoms with Gasteiger partial charge in [0.25, 0.3) is 0 Å². The highest BCUT2D eigenvalue weighted by Gasteiger charge is 2.23. The van der Waals surface area contributed by atoms with Crippen LogP contribution in [-0.4, -0.2) is 4.98 Å². The minimum Gasteiger partial charge on any atom is -0.326 e. The maximum Gasteiger partial charge on any atom is 0.124 e. The van der Waals surface area contributed by atoms with Gasteiger partial charge >= 0.3 is 0 Å². The first-order valence-corrected chi connectivity index (χ1v) is 7.10. The highest BCUT2D eigenvalue weighted by atomic mass is 32.1. The van der Waals surface area contributed by atoms with Gasteiger partial charge in [-0.3, -0.25) is 0 Å². The Labute approximate surface area is 117 Å². The van der Waals surface area contributed by atoms with E-state index in [9.17, 15) is 4.39 Å². The van der Waals surface area contributed by atoms with Gasteiger partial charge in [-0.15, -0.1) is 11.3 Å². The minimum absolute atomic E-state index is 0.0498. The zero-order valence-corrected chi connectivity index (χ0v) is 12.6. The molecule has 2 rings (SSSR count). The number of nitrogens with zero attached hydrogens (tertiary/aromatic N) is 1. The summed E-state index contributed by atoms with van der Waals surface area (Å²) in [6, 6.07) is 5.00. The average molecular weight is 278 g/mol. The molecule has 1 aromatic heterocycles. The van der Waals surface area contributed by atoms with Crippen LogP contribution in [0.2, 0.25) is 0 Å². The van der Waals surface area contributed by atoms with Crippen LogP contribution in [-0.2, 0) is 12.0 Å². The van der Waals surface area contributed by atoms with Crippen molar-refractivity contribution < 1.29 is 4.39 Å². The molecular weight excluding hydrogens is 259 g/mol. The minimum atomic E-state index is -0.225. The normalized spacial score (nSPS) is 11.9. The molecule has 0 fully saturated rings. The molecule has 1 heterocycles. The Morgan fingerprint density at radius 1 is 1.26 bits per heavy atom. The molecule has 0 aliphatic carbocycles. The third-order valence-corrected chi connectivity index (χ3v) is 4.01. The van der Waals surface area contributed by atoms with Gasteiger partial charge in [0.1, 0.15) is 10.8 Å². The lowest BCUT2D eigenvalue weighted by atomic mass is 9.91. The van der Waals surface area contributed by atoms with Crippen molar-refractivity contribution in [2.45, 2.75) is 39.7 Å². The second-order valence-electron chi connectivity index (χ2n) is 5.76. The smallest absolute Gasteiger partial charge is 0.124 e. The van der Waals surface area contributed by atoms with Crippen molar-refractivity contribution in [2.75, 3.05) is 0 Å². The number of aryl methyl sites for hydroxylation is 1. The lowest BCUT2D eigenvalue weighted by Crippen LogP contribution is -2.15. The Hall–Kier alpha value is -1.26. The van der Waals surface area contributed by atoms with E-state index in [1.54, 1.807) is 11.3 Å². The second-order valence-corrected chi connectivity index (χ2v) is 6.85. The summed E-state index contributed by atoms with van der Waals surface area (Å²) in [6.45, 7) is 8.69. The predicted molar refractivity (Wildman–Crippen MR) is 78.8 cm³/mol. The van der Waals surface area contributed by atoms with E-state index in [1.165, 1.54) is 12.1 Å². The molecule has 0 bridgehead atoms. The molecule has 0 aliphatic rings. The van der Waals surface area contributed by atoms with Crippen molar-refractivity contribution in [1.82, 2.24) is 4.98 Å². The van der Waals surface area contributed by atoms with Crippen molar-refractivity contribution in [2.24, 2.45) is 5.73 Å². The van der Waals surface area contributed by atoms with Gasteiger partial charge < -0.3 is 5.73 Å². The van der Waals surface area contributed by atoms with E-state index in [1.807, 2.05) is 13.0 Å². The number of thiazole rings is 1. The molecular formula is C15H19FN2S. The van der Waals surface area contributed by atoms with Crippen molar-refractivity contribution in [1.29, 1.82) is 0 Å². The molecule has 0 amide bonds. The van der Waals surface area contributed by atoms with Crippen LogP contribution in [0.4, 0.5) is 4.39 Å². The van der Waals surface area contributed by atoms with E-state index in [2.05, 4.69) is 25.8 Å². The Balaban J connectivity index is 2.55. The molecule has 0 saturated carbocycles. The monoisotopic (exact) mass is 278 g/mol. The number of nitrogens with two attached hydrogens (primary N) is 1. The van der Waals surface area contributed by atoms with Gasteiger partial charge in [-0.2, -0.15) is 0 Å². The van der Waals surface area contributed by atoms with Gasteiger partial charge in [0.15, 0.2) is 0 Å². The molecule has 2 nitrogen and oxygen atoms in total. The SMILES string of the molecule is Cc1cc(F)cc(-c2nc(C(C)(C)C)c(CN)s2)c1. The number of halogens is 1. The molecule has 102 valence electrons. The summed E-state index contributed by atoms with van der Waals surface area (Å²) in [5, 5.41) is 0.841. The number of rotatable bonds is 2. The summed E-state index contributed by atoms with van der Waals surface area (Å²) >= 11 is 1.55. The first kappa shape index (κ1) is 14.2. The van der Waals surface area contributed by atoms with Crippen LogP contribution in [0.3, 0.4) is 0 Å². The summed E-state index contributed by atoms with van der Waals surface area (Å²) < 4.78 is 13.5. The molecule has 0 spiro atoms. The average Bonchev–Trinajstić information content (AvgIpc) is 2.71. The maximum absolute atomic E-state index is 13.5. The number of benzene rings is 1. The summed E-state index contributed by atoms with van der Waals surface area (Å²) in [5.74, 6) is -0.225. The summed E-state index contributed by atoms with van der Waals surface area (Å²) in [5.41, 5.74) is 8.48. The molecule has 0 unspecified atom stereocenters. The third kappa shape index (κ3) is 3.01. The highest BCUT2D eigenvalue weighted by Crippen LogP contribution is 2.34. The Morgan fingerprint density at radius 3 is 2.42 bits per heavy atom. The molecule has 2 N–H and O–H groups in total. The summed E-state index contributed by atoms with van der Waals surface area (Å²) in [7, 11) is 0. The van der Waals surface area contributed by atoms with Gasteiger partial charge in [-0.05, 0) is 30.7 Å². The van der Waals surface area contributed by atoms with Crippen LogP contribution < -0.4 is 5.73 Å². The van der Waals surface area contributed by atoms with Gasteiger partial charge in [0.2, 0.25) is 0 Å². The third-order valence-electron chi connectivity index (χ3n) is 2.88. The van der Waals surface area contributed by atoms with Crippen LogP contribution in [0.25, 0.3) is 10.6 Å².